The number of aliphatic hydroxyl groups excluding tert-OH is 1. The Morgan fingerprint density at radius 2 is 2.62 bits per heavy atom. The maximum Gasteiger partial charge on any atom is 0.371 e. The van der Waals surface area contributed by atoms with Gasteiger partial charge < -0.3 is 13.7 Å². The highest BCUT2D eigenvalue weighted by atomic mass is 27.1. The van der Waals surface area contributed by atoms with E-state index in [9.17, 15) is 4.79 Å². The van der Waals surface area contributed by atoms with Crippen LogP contribution in [0.4, 0.5) is 0 Å². The van der Waals surface area contributed by atoms with Crippen LogP contribution in [0.15, 0.2) is 0 Å². The van der Waals surface area contributed by atoms with Gasteiger partial charge in [-0.05, 0) is 0 Å². The topological polar surface area (TPSA) is 49.8 Å². The number of ether oxygens (including phenoxy) is 1. The smallest absolute Gasteiger partial charge is 0.371 e. The van der Waals surface area contributed by atoms with E-state index in [2.05, 4.69) is 4.74 Å². The molecular weight excluding hydrogens is 125 g/mol. The van der Waals surface area contributed by atoms with Gasteiger partial charge >= 0.3 is 16.5 Å². The Hall–Kier alpha value is -0.0775. The molecule has 1 fully saturated rings. The van der Waals surface area contributed by atoms with Crippen molar-refractivity contribution in [2.75, 3.05) is 6.73 Å². The molecule has 1 aliphatic heterocycles. The molecule has 1 heterocycles. The van der Waals surface area contributed by atoms with Gasteiger partial charge in [-0.15, -0.1) is 0 Å². The van der Waals surface area contributed by atoms with E-state index >= 15 is 0 Å². The van der Waals surface area contributed by atoms with Crippen LogP contribution in [0.1, 0.15) is 0 Å². The van der Waals surface area contributed by atoms with Crippen molar-refractivity contribution in [2.24, 2.45) is 0 Å². The van der Waals surface area contributed by atoms with Crippen LogP contribution in [-0.4, -0.2) is 44.4 Å². The molecule has 0 aromatic rings. The summed E-state index contributed by atoms with van der Waals surface area (Å²) in [5.41, 5.74) is 0. The van der Waals surface area contributed by atoms with Crippen LogP contribution in [0.2, 0.25) is 0 Å². The molecule has 1 aliphatic rings. The second-order valence-electron chi connectivity index (χ2n) is 1.68. The summed E-state index contributed by atoms with van der Waals surface area (Å²) in [4.78, 5) is 10.5. The summed E-state index contributed by atoms with van der Waals surface area (Å²) in [5, 5.41) is 8.58. The predicted molar refractivity (Wildman–Crippen MR) is 27.3 cm³/mol. The third-order valence-electron chi connectivity index (χ3n) is 1.01. The summed E-state index contributed by atoms with van der Waals surface area (Å²) in [6, 6.07) is 0. The highest BCUT2D eigenvalue weighted by Crippen LogP contribution is 2.02. The van der Waals surface area contributed by atoms with Crippen molar-refractivity contribution in [3.63, 3.8) is 0 Å². The molecule has 1 atom stereocenters. The zero-order valence-electron chi connectivity index (χ0n) is 4.50. The fourth-order valence-corrected chi connectivity index (χ4v) is 0.876. The average Bonchev–Trinajstić information content (AvgIpc) is 1.98. The van der Waals surface area contributed by atoms with E-state index in [0.29, 0.717) is 16.5 Å². The van der Waals surface area contributed by atoms with Gasteiger partial charge in [0.15, 0.2) is 0 Å². The van der Waals surface area contributed by atoms with Crippen molar-refractivity contribution in [1.29, 1.82) is 0 Å². The van der Waals surface area contributed by atoms with Crippen LogP contribution in [0.3, 0.4) is 0 Å². The zero-order chi connectivity index (χ0) is 6.15. The van der Waals surface area contributed by atoms with Crippen LogP contribution in [0.5, 0.6) is 0 Å². The average molecular weight is 131 g/mol. The fourth-order valence-electron chi connectivity index (χ4n) is 0.506. The van der Waals surface area contributed by atoms with Crippen LogP contribution in [0, 0.1) is 0 Å². The molecule has 0 radical (unpaired) electrons. The Labute approximate surface area is 54.7 Å². The number of nitrogens with zero attached hydrogens (tertiary/aromatic N) is 1. The van der Waals surface area contributed by atoms with Gasteiger partial charge in [0, 0.05) is 0 Å². The first-order valence-corrected chi connectivity index (χ1v) is 3.16. The Balaban J connectivity index is 2.57. The van der Waals surface area contributed by atoms with Crippen molar-refractivity contribution >= 4 is 22.4 Å². The molecule has 4 nitrogen and oxygen atoms in total. The highest BCUT2D eigenvalue weighted by Gasteiger charge is 2.25. The Morgan fingerprint density at radius 3 is 2.75 bits per heavy atom. The van der Waals surface area contributed by atoms with E-state index in [4.69, 9.17) is 5.11 Å². The van der Waals surface area contributed by atoms with Gasteiger partial charge in [-0.25, -0.2) is 0 Å². The molecular formula is C3H6AlNO3. The molecule has 0 aromatic heterocycles. The number of hydrogen-bond donors (Lipinski definition) is 1. The normalized spacial score (nSPS) is 29.4. The Kier molecular flexibility index (Phi) is 1.54. The summed E-state index contributed by atoms with van der Waals surface area (Å²) in [7, 11) is 0. The molecule has 5 heteroatoms. The molecule has 1 rings (SSSR count). The largest absolute Gasteiger partial charge is 0.416 e. The van der Waals surface area contributed by atoms with Gasteiger partial charge in [-0.2, -0.15) is 0 Å². The molecule has 1 N–H and O–H groups in total. The van der Waals surface area contributed by atoms with E-state index in [1.807, 2.05) is 0 Å². The number of carbonyl (C=O) groups excluding carboxylic acids is 1. The van der Waals surface area contributed by atoms with E-state index in [1.165, 1.54) is 3.88 Å². The predicted octanol–water partition coefficient (Wildman–Crippen LogP) is -2.33. The maximum absolute atomic E-state index is 10.5. The van der Waals surface area contributed by atoms with Gasteiger partial charge in [0.1, 0.15) is 6.73 Å². The van der Waals surface area contributed by atoms with Gasteiger partial charge in [-0.1, -0.05) is 0 Å². The quantitative estimate of drug-likeness (QED) is 0.375. The number of hydrogen-bond acceptors (Lipinski definition) is 3. The van der Waals surface area contributed by atoms with Crippen LogP contribution < -0.4 is 0 Å². The standard InChI is InChI=1S/C3H5NO3.Al.2H/c5-2-3(6)7-1-4-2;;;/h3,6H,1H2,(H,4,5);;;/q;+1;;/p-1. The van der Waals surface area contributed by atoms with Gasteiger partial charge in [-0.3, -0.25) is 4.79 Å². The third-order valence-corrected chi connectivity index (χ3v) is 1.71. The van der Waals surface area contributed by atoms with Gasteiger partial charge in [0.25, 0.3) is 5.91 Å². The molecule has 0 spiro atoms. The zero-order valence-corrected chi connectivity index (χ0v) is 6.50. The van der Waals surface area contributed by atoms with Crippen LogP contribution in [0.25, 0.3) is 0 Å². The first-order chi connectivity index (χ1) is 3.72. The SMILES string of the molecule is O=C1C(O)OC[N]1[AlH2]. The summed E-state index contributed by atoms with van der Waals surface area (Å²) >= 11 is 0.624. The number of aliphatic hydroxyl groups is 1. The minimum Gasteiger partial charge on any atom is -0.416 e. The van der Waals surface area contributed by atoms with Crippen molar-refractivity contribution in [3.8, 4) is 0 Å². The first-order valence-electron chi connectivity index (χ1n) is 2.26. The molecule has 0 saturated carbocycles. The van der Waals surface area contributed by atoms with Crippen LogP contribution in [-0.2, 0) is 9.53 Å². The van der Waals surface area contributed by atoms with Gasteiger partial charge in [0.05, 0.1) is 0 Å². The second kappa shape index (κ2) is 2.04. The van der Waals surface area contributed by atoms with Crippen molar-refractivity contribution in [1.82, 2.24) is 3.88 Å². The molecule has 8 heavy (non-hydrogen) atoms. The monoisotopic (exact) mass is 131 g/mol. The number of carbonyl (C=O) groups is 1. The highest BCUT2D eigenvalue weighted by molar-refractivity contribution is 6.15. The number of rotatable bonds is 0. The summed E-state index contributed by atoms with van der Waals surface area (Å²) in [6.45, 7) is 0.256. The second-order valence-corrected chi connectivity index (χ2v) is 2.76. The van der Waals surface area contributed by atoms with E-state index in [1.54, 1.807) is 0 Å². The molecule has 0 bridgehead atoms. The fraction of sp³-hybridized carbons (Fsp3) is 0.667. The lowest BCUT2D eigenvalue weighted by Gasteiger charge is -2.02. The van der Waals surface area contributed by atoms with Crippen molar-refractivity contribution in [3.05, 3.63) is 0 Å². The van der Waals surface area contributed by atoms with Crippen LogP contribution >= 0.6 is 0 Å². The summed E-state index contributed by atoms with van der Waals surface area (Å²) in [5.74, 6) is -0.309. The molecule has 0 aliphatic carbocycles. The molecule has 44 valence electrons. The molecule has 1 unspecified atom stereocenters. The van der Waals surface area contributed by atoms with E-state index in [0.717, 1.165) is 0 Å². The lowest BCUT2D eigenvalue weighted by molar-refractivity contribution is -0.141. The lowest BCUT2D eigenvalue weighted by Crippen LogP contribution is -2.26. The Morgan fingerprint density at radius 1 is 2.00 bits per heavy atom. The maximum atomic E-state index is 10.5. The summed E-state index contributed by atoms with van der Waals surface area (Å²) < 4.78 is 5.99. The Bertz CT molecular complexity index is 105. The lowest BCUT2D eigenvalue weighted by atomic mass is 10.6. The van der Waals surface area contributed by atoms with Crippen molar-refractivity contribution in [2.45, 2.75) is 6.29 Å². The minimum atomic E-state index is -1.19. The van der Waals surface area contributed by atoms with E-state index in [-0.39, 0.29) is 12.6 Å². The summed E-state index contributed by atoms with van der Waals surface area (Å²) in [6.07, 6.45) is -1.19. The van der Waals surface area contributed by atoms with Crippen molar-refractivity contribution < 1.29 is 14.6 Å². The van der Waals surface area contributed by atoms with E-state index < -0.39 is 6.29 Å². The molecule has 0 aromatic carbocycles. The first kappa shape index (κ1) is 6.05. The number of amides is 1. The third kappa shape index (κ3) is 0.859. The molecule has 1 amide bonds. The van der Waals surface area contributed by atoms with Gasteiger partial charge in [0.2, 0.25) is 6.29 Å². The minimum absolute atomic E-state index is 0.256. The molecule has 1 saturated heterocycles.